The first-order valence-electron chi connectivity index (χ1n) is 8.37. The number of hydrogen-bond donors (Lipinski definition) is 1. The SMILES string of the molecule is C=C(/C=C\N=CC)Cc1nnc(Nc2ccc(F)c(Cl)c2)c2ccccc12. The van der Waals surface area contributed by atoms with Gasteiger partial charge in [0.15, 0.2) is 5.82 Å². The number of rotatable bonds is 6. The van der Waals surface area contributed by atoms with Crippen molar-refractivity contribution in [1.29, 1.82) is 0 Å². The lowest BCUT2D eigenvalue weighted by atomic mass is 10.1. The van der Waals surface area contributed by atoms with Gasteiger partial charge in [0.05, 0.1) is 10.7 Å². The Hall–Kier alpha value is -3.05. The van der Waals surface area contributed by atoms with Crippen molar-refractivity contribution in [2.75, 3.05) is 5.32 Å². The van der Waals surface area contributed by atoms with Crippen molar-refractivity contribution < 1.29 is 4.39 Å². The minimum Gasteiger partial charge on any atom is -0.338 e. The fourth-order valence-electron chi connectivity index (χ4n) is 2.60. The van der Waals surface area contributed by atoms with Crippen LogP contribution in [-0.2, 0) is 6.42 Å². The Labute approximate surface area is 162 Å². The van der Waals surface area contributed by atoms with Gasteiger partial charge >= 0.3 is 0 Å². The molecular weight excluding hydrogens is 363 g/mol. The topological polar surface area (TPSA) is 50.2 Å². The van der Waals surface area contributed by atoms with Crippen LogP contribution >= 0.6 is 11.6 Å². The Morgan fingerprint density at radius 2 is 2.00 bits per heavy atom. The van der Waals surface area contributed by atoms with Crippen LogP contribution < -0.4 is 5.32 Å². The van der Waals surface area contributed by atoms with E-state index in [9.17, 15) is 4.39 Å². The Balaban J connectivity index is 1.93. The number of aliphatic imine (C=N–C) groups is 1. The van der Waals surface area contributed by atoms with E-state index in [1.165, 1.54) is 12.1 Å². The third-order valence-corrected chi connectivity index (χ3v) is 4.18. The van der Waals surface area contributed by atoms with Crippen molar-refractivity contribution in [2.45, 2.75) is 13.3 Å². The van der Waals surface area contributed by atoms with Gasteiger partial charge in [0.25, 0.3) is 0 Å². The molecule has 0 fully saturated rings. The molecule has 0 saturated heterocycles. The van der Waals surface area contributed by atoms with Crippen LogP contribution in [0.2, 0.25) is 5.02 Å². The summed E-state index contributed by atoms with van der Waals surface area (Å²) in [5.41, 5.74) is 2.34. The Kier molecular flexibility index (Phi) is 5.94. The van der Waals surface area contributed by atoms with E-state index in [4.69, 9.17) is 11.6 Å². The van der Waals surface area contributed by atoms with Crippen LogP contribution in [0, 0.1) is 5.82 Å². The zero-order chi connectivity index (χ0) is 19.2. The zero-order valence-corrected chi connectivity index (χ0v) is 15.5. The van der Waals surface area contributed by atoms with Gasteiger partial charge < -0.3 is 5.32 Å². The lowest BCUT2D eigenvalue weighted by Crippen LogP contribution is -2.02. The number of aromatic nitrogens is 2. The van der Waals surface area contributed by atoms with E-state index in [-0.39, 0.29) is 5.02 Å². The molecule has 136 valence electrons. The molecule has 0 aliphatic heterocycles. The fourth-order valence-corrected chi connectivity index (χ4v) is 2.78. The van der Waals surface area contributed by atoms with Crippen LogP contribution in [0.1, 0.15) is 12.6 Å². The quantitative estimate of drug-likeness (QED) is 0.430. The van der Waals surface area contributed by atoms with Crippen LogP contribution in [0.25, 0.3) is 10.8 Å². The number of benzene rings is 2. The van der Waals surface area contributed by atoms with Gasteiger partial charge in [-0.2, -0.15) is 5.10 Å². The molecule has 3 rings (SSSR count). The summed E-state index contributed by atoms with van der Waals surface area (Å²) in [5.74, 6) is 0.112. The minimum absolute atomic E-state index is 0.0479. The molecule has 0 aliphatic rings. The first-order chi connectivity index (χ1) is 13.1. The molecule has 0 unspecified atom stereocenters. The van der Waals surface area contributed by atoms with E-state index < -0.39 is 5.82 Å². The summed E-state index contributed by atoms with van der Waals surface area (Å²) in [4.78, 5) is 4.04. The van der Waals surface area contributed by atoms with Gasteiger partial charge in [0, 0.05) is 35.3 Å². The van der Waals surface area contributed by atoms with Crippen molar-refractivity contribution >= 4 is 40.1 Å². The molecule has 0 atom stereocenters. The van der Waals surface area contributed by atoms with Gasteiger partial charge in [-0.25, -0.2) is 4.39 Å². The molecule has 0 aliphatic carbocycles. The number of halogens is 2. The molecule has 4 nitrogen and oxygen atoms in total. The highest BCUT2D eigenvalue weighted by Crippen LogP contribution is 2.28. The molecule has 1 aromatic heterocycles. The summed E-state index contributed by atoms with van der Waals surface area (Å²) in [7, 11) is 0. The fraction of sp³-hybridized carbons (Fsp3) is 0.0952. The summed E-state index contributed by atoms with van der Waals surface area (Å²) in [6.07, 6.45) is 5.82. The highest BCUT2D eigenvalue weighted by Gasteiger charge is 2.10. The molecular formula is C21H18ClFN4. The number of allylic oxidation sites excluding steroid dienone is 2. The second-order valence-corrected chi connectivity index (χ2v) is 6.26. The van der Waals surface area contributed by atoms with E-state index in [2.05, 4.69) is 27.1 Å². The predicted molar refractivity (Wildman–Crippen MR) is 110 cm³/mol. The molecule has 0 amide bonds. The van der Waals surface area contributed by atoms with Gasteiger partial charge in [0.1, 0.15) is 5.82 Å². The second kappa shape index (κ2) is 8.56. The molecule has 0 saturated carbocycles. The first kappa shape index (κ1) is 18.7. The van der Waals surface area contributed by atoms with E-state index in [0.29, 0.717) is 17.9 Å². The molecule has 27 heavy (non-hydrogen) atoms. The summed E-state index contributed by atoms with van der Waals surface area (Å²) in [6, 6.07) is 12.3. The van der Waals surface area contributed by atoms with Crippen molar-refractivity contribution in [3.8, 4) is 0 Å². The first-order valence-corrected chi connectivity index (χ1v) is 8.74. The van der Waals surface area contributed by atoms with Gasteiger partial charge in [-0.1, -0.05) is 42.4 Å². The number of fused-ring (bicyclic) bond motifs is 1. The summed E-state index contributed by atoms with van der Waals surface area (Å²) >= 11 is 5.86. The maximum Gasteiger partial charge on any atom is 0.160 e. The predicted octanol–water partition coefficient (Wildman–Crippen LogP) is 5.87. The molecule has 1 N–H and O–H groups in total. The number of anilines is 2. The molecule has 1 heterocycles. The van der Waals surface area contributed by atoms with Gasteiger partial charge in [-0.05, 0) is 36.8 Å². The molecule has 0 spiro atoms. The highest BCUT2D eigenvalue weighted by atomic mass is 35.5. The number of nitrogens with zero attached hydrogens (tertiary/aromatic N) is 3. The maximum atomic E-state index is 13.4. The van der Waals surface area contributed by atoms with E-state index >= 15 is 0 Å². The highest BCUT2D eigenvalue weighted by molar-refractivity contribution is 6.31. The Morgan fingerprint density at radius 1 is 1.22 bits per heavy atom. The van der Waals surface area contributed by atoms with Crippen LogP contribution in [0.4, 0.5) is 15.9 Å². The lowest BCUT2D eigenvalue weighted by Gasteiger charge is -2.11. The summed E-state index contributed by atoms with van der Waals surface area (Å²) < 4.78 is 13.4. The van der Waals surface area contributed by atoms with Crippen LogP contribution in [0.15, 0.2) is 71.9 Å². The largest absolute Gasteiger partial charge is 0.338 e. The van der Waals surface area contributed by atoms with Crippen molar-refractivity contribution in [3.05, 3.63) is 83.4 Å². The molecule has 6 heteroatoms. The minimum atomic E-state index is -0.465. The molecule has 0 radical (unpaired) electrons. The Bertz CT molecular complexity index is 1040. The van der Waals surface area contributed by atoms with Gasteiger partial charge in [0.2, 0.25) is 0 Å². The van der Waals surface area contributed by atoms with Gasteiger partial charge in [-0.15, -0.1) is 5.10 Å². The monoisotopic (exact) mass is 380 g/mol. The van der Waals surface area contributed by atoms with Crippen molar-refractivity contribution in [3.63, 3.8) is 0 Å². The van der Waals surface area contributed by atoms with Crippen LogP contribution in [0.3, 0.4) is 0 Å². The third-order valence-electron chi connectivity index (χ3n) is 3.89. The van der Waals surface area contributed by atoms with Crippen LogP contribution in [0.5, 0.6) is 0 Å². The zero-order valence-electron chi connectivity index (χ0n) is 14.8. The number of nitrogens with one attached hydrogen (secondary N) is 1. The third kappa shape index (κ3) is 4.57. The van der Waals surface area contributed by atoms with Crippen molar-refractivity contribution in [2.24, 2.45) is 4.99 Å². The number of hydrogen-bond acceptors (Lipinski definition) is 4. The lowest BCUT2D eigenvalue weighted by molar-refractivity contribution is 0.628. The molecule has 2 aromatic carbocycles. The second-order valence-electron chi connectivity index (χ2n) is 5.85. The molecule has 0 bridgehead atoms. The van der Waals surface area contributed by atoms with E-state index in [0.717, 1.165) is 22.0 Å². The van der Waals surface area contributed by atoms with E-state index in [1.807, 2.05) is 37.3 Å². The maximum absolute atomic E-state index is 13.4. The van der Waals surface area contributed by atoms with Gasteiger partial charge in [-0.3, -0.25) is 4.99 Å². The summed E-state index contributed by atoms with van der Waals surface area (Å²) in [5, 5.41) is 13.8. The average molecular weight is 381 g/mol. The van der Waals surface area contributed by atoms with E-state index in [1.54, 1.807) is 18.5 Å². The smallest absolute Gasteiger partial charge is 0.160 e. The van der Waals surface area contributed by atoms with Crippen LogP contribution in [-0.4, -0.2) is 16.4 Å². The normalized spacial score (nSPS) is 11.5. The van der Waals surface area contributed by atoms with Crippen molar-refractivity contribution in [1.82, 2.24) is 10.2 Å². The Morgan fingerprint density at radius 3 is 2.74 bits per heavy atom. The molecule has 3 aromatic rings. The standard InChI is InChI=1S/C21H18ClFN4/c1-3-24-11-10-14(2)12-20-16-6-4-5-7-17(16)21(27-26-20)25-15-8-9-19(23)18(22)13-15/h3-11,13H,2,12H2,1H3,(H,25,27)/b11-10-,24-3?. The summed E-state index contributed by atoms with van der Waals surface area (Å²) in [6.45, 7) is 5.90. The average Bonchev–Trinajstić information content (AvgIpc) is 2.67.